The standard InChI is InChI=1S/C17H15N3O3S/c18-8-12-13(10-6-7-24-9-10)14(15(19)21)16(22)20-17(12,23)11-4-2-1-3-5-11/h1-7,9,12-14,23H,(H2,19,21)(H,20,22)/t12-,13-,14+,17-/m0/s1. The summed E-state index contributed by atoms with van der Waals surface area (Å²) in [5.74, 6) is -4.61. The molecule has 1 fully saturated rings. The Labute approximate surface area is 142 Å². The van der Waals surface area contributed by atoms with Crippen LogP contribution in [-0.2, 0) is 15.3 Å². The molecule has 2 aromatic rings. The molecule has 2 amide bonds. The van der Waals surface area contributed by atoms with Crippen LogP contribution >= 0.6 is 11.3 Å². The second-order valence-corrected chi connectivity index (χ2v) is 6.47. The summed E-state index contributed by atoms with van der Waals surface area (Å²) in [6, 6.07) is 12.2. The number of hydrogen-bond donors (Lipinski definition) is 3. The van der Waals surface area contributed by atoms with E-state index in [1.165, 1.54) is 11.3 Å². The minimum Gasteiger partial charge on any atom is -0.369 e. The largest absolute Gasteiger partial charge is 0.369 e. The summed E-state index contributed by atoms with van der Waals surface area (Å²) in [5.41, 5.74) is 4.53. The SMILES string of the molecule is N#C[C@H]1[C@H](c2ccsc2)[C@H](C(N)=O)C(=O)N[C@]1(O)c1ccccc1. The third-order valence-corrected chi connectivity index (χ3v) is 5.05. The highest BCUT2D eigenvalue weighted by molar-refractivity contribution is 7.08. The van der Waals surface area contributed by atoms with E-state index in [0.29, 0.717) is 11.1 Å². The van der Waals surface area contributed by atoms with Crippen LogP contribution in [0.25, 0.3) is 0 Å². The Morgan fingerprint density at radius 3 is 2.58 bits per heavy atom. The molecular weight excluding hydrogens is 326 g/mol. The van der Waals surface area contributed by atoms with Gasteiger partial charge in [-0.05, 0) is 22.4 Å². The number of carbonyl (C=O) groups excluding carboxylic acids is 2. The number of primary amides is 1. The van der Waals surface area contributed by atoms with Crippen LogP contribution in [0.3, 0.4) is 0 Å². The van der Waals surface area contributed by atoms with Crippen molar-refractivity contribution >= 4 is 23.2 Å². The Bertz CT molecular complexity index is 800. The van der Waals surface area contributed by atoms with E-state index in [0.717, 1.165) is 0 Å². The Morgan fingerprint density at radius 2 is 2.04 bits per heavy atom. The lowest BCUT2D eigenvalue weighted by Gasteiger charge is -2.44. The van der Waals surface area contributed by atoms with Crippen LogP contribution < -0.4 is 11.1 Å². The van der Waals surface area contributed by atoms with Crippen LogP contribution in [0.1, 0.15) is 17.0 Å². The number of benzene rings is 1. The average molecular weight is 341 g/mol. The lowest BCUT2D eigenvalue weighted by atomic mass is 9.68. The summed E-state index contributed by atoms with van der Waals surface area (Å²) in [7, 11) is 0. The lowest BCUT2D eigenvalue weighted by molar-refractivity contribution is -0.153. The summed E-state index contributed by atoms with van der Waals surface area (Å²) in [6.07, 6.45) is 0. The topological polar surface area (TPSA) is 116 Å². The third-order valence-electron chi connectivity index (χ3n) is 4.35. The predicted molar refractivity (Wildman–Crippen MR) is 87.3 cm³/mol. The monoisotopic (exact) mass is 341 g/mol. The van der Waals surface area contributed by atoms with E-state index in [1.807, 2.05) is 0 Å². The molecule has 1 aliphatic rings. The zero-order valence-corrected chi connectivity index (χ0v) is 13.4. The van der Waals surface area contributed by atoms with Crippen LogP contribution in [0.2, 0.25) is 0 Å². The van der Waals surface area contributed by atoms with Gasteiger partial charge in [0.15, 0.2) is 5.72 Å². The van der Waals surface area contributed by atoms with Gasteiger partial charge in [0.25, 0.3) is 0 Å². The van der Waals surface area contributed by atoms with Gasteiger partial charge in [0.1, 0.15) is 11.8 Å². The summed E-state index contributed by atoms with van der Waals surface area (Å²) in [6.45, 7) is 0. The molecule has 0 saturated carbocycles. The molecule has 122 valence electrons. The number of hydrogen-bond acceptors (Lipinski definition) is 5. The summed E-state index contributed by atoms with van der Waals surface area (Å²) in [4.78, 5) is 24.4. The number of nitrogens with one attached hydrogen (secondary N) is 1. The molecular formula is C17H15N3O3S. The Hall–Kier alpha value is -2.69. The zero-order valence-electron chi connectivity index (χ0n) is 12.5. The number of rotatable bonds is 3. The van der Waals surface area contributed by atoms with Crippen molar-refractivity contribution in [1.82, 2.24) is 5.32 Å². The van der Waals surface area contributed by atoms with Crippen LogP contribution in [0, 0.1) is 23.2 Å². The van der Waals surface area contributed by atoms with E-state index in [9.17, 15) is 20.0 Å². The minimum absolute atomic E-state index is 0.382. The molecule has 1 saturated heterocycles. The van der Waals surface area contributed by atoms with Crippen LogP contribution in [0.4, 0.5) is 0 Å². The van der Waals surface area contributed by atoms with Crippen LogP contribution in [0.15, 0.2) is 47.2 Å². The Kier molecular flexibility index (Phi) is 4.09. The molecule has 4 atom stereocenters. The van der Waals surface area contributed by atoms with E-state index in [4.69, 9.17) is 5.73 Å². The van der Waals surface area contributed by atoms with Crippen molar-refractivity contribution in [2.75, 3.05) is 0 Å². The van der Waals surface area contributed by atoms with Crippen molar-refractivity contribution in [3.05, 3.63) is 58.3 Å². The molecule has 24 heavy (non-hydrogen) atoms. The van der Waals surface area contributed by atoms with Gasteiger partial charge in [-0.15, -0.1) is 0 Å². The quantitative estimate of drug-likeness (QED) is 0.723. The highest BCUT2D eigenvalue weighted by atomic mass is 32.1. The second kappa shape index (κ2) is 6.07. The molecule has 0 bridgehead atoms. The maximum absolute atomic E-state index is 12.5. The maximum atomic E-state index is 12.5. The first-order chi connectivity index (χ1) is 11.5. The molecule has 0 radical (unpaired) electrons. The maximum Gasteiger partial charge on any atom is 0.235 e. The highest BCUT2D eigenvalue weighted by Gasteiger charge is 2.55. The van der Waals surface area contributed by atoms with Gasteiger partial charge in [-0.25, -0.2) is 0 Å². The molecule has 1 aromatic carbocycles. The zero-order chi connectivity index (χ0) is 17.3. The van der Waals surface area contributed by atoms with Gasteiger partial charge in [0.2, 0.25) is 11.8 Å². The van der Waals surface area contributed by atoms with Crippen molar-refractivity contribution in [3.8, 4) is 6.07 Å². The van der Waals surface area contributed by atoms with E-state index in [2.05, 4.69) is 11.4 Å². The first kappa shape index (κ1) is 16.2. The number of nitrogens with zero attached hydrogens (tertiary/aromatic N) is 1. The Balaban J connectivity index is 2.17. The van der Waals surface area contributed by atoms with Crippen molar-refractivity contribution in [2.24, 2.45) is 17.6 Å². The lowest BCUT2D eigenvalue weighted by Crippen LogP contribution is -2.62. The first-order valence-corrected chi connectivity index (χ1v) is 8.24. The number of thiophene rings is 1. The molecule has 2 heterocycles. The molecule has 1 aromatic heterocycles. The van der Waals surface area contributed by atoms with Gasteiger partial charge in [0, 0.05) is 11.5 Å². The fourth-order valence-corrected chi connectivity index (χ4v) is 3.94. The molecule has 0 unspecified atom stereocenters. The normalized spacial score (nSPS) is 29.5. The third kappa shape index (κ3) is 2.46. The van der Waals surface area contributed by atoms with E-state index >= 15 is 0 Å². The van der Waals surface area contributed by atoms with Gasteiger partial charge in [-0.1, -0.05) is 30.3 Å². The predicted octanol–water partition coefficient (Wildman–Crippen LogP) is 1.05. The smallest absolute Gasteiger partial charge is 0.235 e. The van der Waals surface area contributed by atoms with Gasteiger partial charge in [0.05, 0.1) is 6.07 Å². The number of carbonyl (C=O) groups is 2. The molecule has 7 heteroatoms. The number of nitrogens with two attached hydrogens (primary N) is 1. The molecule has 3 rings (SSSR count). The average Bonchev–Trinajstić information content (AvgIpc) is 3.08. The van der Waals surface area contributed by atoms with Gasteiger partial charge in [-0.2, -0.15) is 16.6 Å². The summed E-state index contributed by atoms with van der Waals surface area (Å²) >= 11 is 1.38. The minimum atomic E-state index is -1.90. The molecule has 1 aliphatic heterocycles. The molecule has 0 spiro atoms. The number of piperidine rings is 1. The van der Waals surface area contributed by atoms with Crippen LogP contribution in [-0.4, -0.2) is 16.9 Å². The van der Waals surface area contributed by atoms with E-state index < -0.39 is 35.3 Å². The van der Waals surface area contributed by atoms with Crippen molar-refractivity contribution in [3.63, 3.8) is 0 Å². The fourth-order valence-electron chi connectivity index (χ4n) is 3.23. The highest BCUT2D eigenvalue weighted by Crippen LogP contribution is 2.45. The second-order valence-electron chi connectivity index (χ2n) is 5.69. The van der Waals surface area contributed by atoms with Crippen molar-refractivity contribution < 1.29 is 14.7 Å². The Morgan fingerprint density at radius 1 is 1.33 bits per heavy atom. The summed E-state index contributed by atoms with van der Waals surface area (Å²) in [5, 5.41) is 26.8. The van der Waals surface area contributed by atoms with Gasteiger partial charge < -0.3 is 16.2 Å². The number of aliphatic hydroxyl groups is 1. The van der Waals surface area contributed by atoms with Gasteiger partial charge in [-0.3, -0.25) is 9.59 Å². The molecule has 6 nitrogen and oxygen atoms in total. The van der Waals surface area contributed by atoms with Crippen molar-refractivity contribution in [2.45, 2.75) is 11.6 Å². The van der Waals surface area contributed by atoms with E-state index in [-0.39, 0.29) is 0 Å². The summed E-state index contributed by atoms with van der Waals surface area (Å²) < 4.78 is 0. The fraction of sp³-hybridized carbons (Fsp3) is 0.235. The molecule has 0 aliphatic carbocycles. The van der Waals surface area contributed by atoms with Gasteiger partial charge >= 0.3 is 0 Å². The number of amides is 2. The number of nitriles is 1. The van der Waals surface area contributed by atoms with Crippen LogP contribution in [0.5, 0.6) is 0 Å². The van der Waals surface area contributed by atoms with Crippen molar-refractivity contribution in [1.29, 1.82) is 5.26 Å². The van der Waals surface area contributed by atoms with E-state index in [1.54, 1.807) is 47.2 Å². The first-order valence-electron chi connectivity index (χ1n) is 7.30. The molecule has 4 N–H and O–H groups in total.